The Morgan fingerprint density at radius 3 is 2.56 bits per heavy atom. The minimum Gasteiger partial charge on any atom is -0.358 e. The standard InChI is InChI=1S/C12H20N4O2/c1-4-12(5-2,8-13)15-11-10(16(17)18)9(3)6-7-14-11/h6-7H,4-5,8,13H2,1-3H3,(H,14,15). The molecule has 3 N–H and O–H groups in total. The van der Waals surface area contributed by atoms with Crippen molar-refractivity contribution in [1.29, 1.82) is 0 Å². The molecule has 1 aromatic rings. The van der Waals surface area contributed by atoms with Gasteiger partial charge in [0.15, 0.2) is 0 Å². The van der Waals surface area contributed by atoms with Gasteiger partial charge in [-0.25, -0.2) is 4.98 Å². The molecule has 6 nitrogen and oxygen atoms in total. The molecular formula is C12H20N4O2. The van der Waals surface area contributed by atoms with Crippen molar-refractivity contribution in [2.24, 2.45) is 5.73 Å². The first-order valence-electron chi connectivity index (χ1n) is 6.08. The van der Waals surface area contributed by atoms with Crippen LogP contribution in [0.4, 0.5) is 11.5 Å². The molecule has 0 unspecified atom stereocenters. The Labute approximate surface area is 107 Å². The molecule has 6 heteroatoms. The van der Waals surface area contributed by atoms with Crippen molar-refractivity contribution in [3.05, 3.63) is 27.9 Å². The molecule has 0 aromatic carbocycles. The second-order valence-electron chi connectivity index (χ2n) is 4.40. The summed E-state index contributed by atoms with van der Waals surface area (Å²) >= 11 is 0. The van der Waals surface area contributed by atoms with E-state index in [4.69, 9.17) is 5.73 Å². The summed E-state index contributed by atoms with van der Waals surface area (Å²) in [5, 5.41) is 14.2. The molecule has 1 heterocycles. The molecule has 100 valence electrons. The maximum atomic E-state index is 11.1. The fourth-order valence-electron chi connectivity index (χ4n) is 1.89. The predicted octanol–water partition coefficient (Wildman–Crippen LogP) is 2.23. The largest absolute Gasteiger partial charge is 0.358 e. The van der Waals surface area contributed by atoms with Crippen LogP contribution in [0.2, 0.25) is 0 Å². The number of rotatable bonds is 6. The van der Waals surface area contributed by atoms with E-state index in [1.165, 1.54) is 0 Å². The topological polar surface area (TPSA) is 94.1 Å². The third-order valence-electron chi connectivity index (χ3n) is 3.44. The lowest BCUT2D eigenvalue weighted by Crippen LogP contribution is -2.44. The number of pyridine rings is 1. The molecule has 0 saturated carbocycles. The molecule has 1 rings (SSSR count). The van der Waals surface area contributed by atoms with E-state index in [1.54, 1.807) is 19.2 Å². The molecule has 0 aliphatic carbocycles. The summed E-state index contributed by atoms with van der Waals surface area (Å²) in [5.74, 6) is 0.300. The highest BCUT2D eigenvalue weighted by atomic mass is 16.6. The van der Waals surface area contributed by atoms with Crippen molar-refractivity contribution < 1.29 is 4.92 Å². The summed E-state index contributed by atoms with van der Waals surface area (Å²) in [6, 6.07) is 1.63. The van der Waals surface area contributed by atoms with Crippen LogP contribution in [0.3, 0.4) is 0 Å². The van der Waals surface area contributed by atoms with Crippen LogP contribution in [0, 0.1) is 17.0 Å². The van der Waals surface area contributed by atoms with Crippen molar-refractivity contribution in [3.8, 4) is 0 Å². The van der Waals surface area contributed by atoms with Crippen molar-refractivity contribution in [2.75, 3.05) is 11.9 Å². The highest BCUT2D eigenvalue weighted by molar-refractivity contribution is 5.61. The number of anilines is 1. The first-order valence-corrected chi connectivity index (χ1v) is 6.08. The van der Waals surface area contributed by atoms with Crippen LogP contribution in [0.5, 0.6) is 0 Å². The average Bonchev–Trinajstić information content (AvgIpc) is 2.35. The summed E-state index contributed by atoms with van der Waals surface area (Å²) in [5.41, 5.74) is 6.06. The van der Waals surface area contributed by atoms with Gasteiger partial charge in [0.1, 0.15) is 0 Å². The minimum atomic E-state index is -0.405. The zero-order valence-electron chi connectivity index (χ0n) is 11.1. The van der Waals surface area contributed by atoms with Crippen LogP contribution in [0.15, 0.2) is 12.3 Å². The Morgan fingerprint density at radius 2 is 2.11 bits per heavy atom. The van der Waals surface area contributed by atoms with Crippen LogP contribution < -0.4 is 11.1 Å². The molecule has 0 aliphatic heterocycles. The second kappa shape index (κ2) is 5.77. The molecule has 0 bridgehead atoms. The van der Waals surface area contributed by atoms with Crippen molar-refractivity contribution in [1.82, 2.24) is 4.98 Å². The Hall–Kier alpha value is -1.69. The van der Waals surface area contributed by atoms with Gasteiger partial charge in [0.05, 0.1) is 10.5 Å². The zero-order chi connectivity index (χ0) is 13.8. The molecule has 0 amide bonds. The lowest BCUT2D eigenvalue weighted by molar-refractivity contribution is -0.384. The van der Waals surface area contributed by atoms with Crippen LogP contribution in [-0.4, -0.2) is 22.0 Å². The van der Waals surface area contributed by atoms with Crippen LogP contribution >= 0.6 is 0 Å². The number of nitrogens with two attached hydrogens (primary N) is 1. The van der Waals surface area contributed by atoms with Gasteiger partial charge in [0, 0.05) is 18.3 Å². The van der Waals surface area contributed by atoms with Crippen molar-refractivity contribution >= 4 is 11.5 Å². The molecule has 0 aliphatic rings. The van der Waals surface area contributed by atoms with Gasteiger partial charge in [-0.3, -0.25) is 10.1 Å². The van der Waals surface area contributed by atoms with E-state index >= 15 is 0 Å². The molecule has 0 fully saturated rings. The summed E-state index contributed by atoms with van der Waals surface area (Å²) in [6.45, 7) is 6.12. The van der Waals surface area contributed by atoms with Gasteiger partial charge in [-0.1, -0.05) is 13.8 Å². The van der Waals surface area contributed by atoms with E-state index in [0.29, 0.717) is 17.9 Å². The lowest BCUT2D eigenvalue weighted by atomic mass is 9.93. The van der Waals surface area contributed by atoms with Gasteiger partial charge in [-0.05, 0) is 25.8 Å². The summed E-state index contributed by atoms with van der Waals surface area (Å²) in [7, 11) is 0. The van der Waals surface area contributed by atoms with Crippen LogP contribution in [0.25, 0.3) is 0 Å². The zero-order valence-corrected chi connectivity index (χ0v) is 11.1. The van der Waals surface area contributed by atoms with E-state index in [1.807, 2.05) is 13.8 Å². The first-order chi connectivity index (χ1) is 8.49. The highest BCUT2D eigenvalue weighted by Crippen LogP contribution is 2.29. The molecule has 0 spiro atoms. The summed E-state index contributed by atoms with van der Waals surface area (Å²) in [6.07, 6.45) is 3.14. The minimum absolute atomic E-state index is 0.0252. The molecule has 0 saturated heterocycles. The third-order valence-corrected chi connectivity index (χ3v) is 3.44. The second-order valence-corrected chi connectivity index (χ2v) is 4.40. The molecular weight excluding hydrogens is 232 g/mol. The number of aromatic nitrogens is 1. The van der Waals surface area contributed by atoms with Gasteiger partial charge >= 0.3 is 5.69 Å². The molecule has 1 aromatic heterocycles. The first kappa shape index (κ1) is 14.4. The third kappa shape index (κ3) is 2.76. The quantitative estimate of drug-likeness (QED) is 0.598. The van der Waals surface area contributed by atoms with E-state index < -0.39 is 4.92 Å². The summed E-state index contributed by atoms with van der Waals surface area (Å²) in [4.78, 5) is 14.8. The molecule has 0 atom stereocenters. The fourth-order valence-corrected chi connectivity index (χ4v) is 1.89. The number of nitrogens with zero attached hydrogens (tertiary/aromatic N) is 2. The highest BCUT2D eigenvalue weighted by Gasteiger charge is 2.28. The number of hydrogen-bond acceptors (Lipinski definition) is 5. The Balaban J connectivity index is 3.18. The number of aryl methyl sites for hydroxylation is 1. The molecule has 0 radical (unpaired) electrons. The lowest BCUT2D eigenvalue weighted by Gasteiger charge is -2.31. The fraction of sp³-hybridized carbons (Fsp3) is 0.583. The molecule has 18 heavy (non-hydrogen) atoms. The maximum absolute atomic E-state index is 11.1. The van der Waals surface area contributed by atoms with Gasteiger partial charge in [0.2, 0.25) is 5.82 Å². The van der Waals surface area contributed by atoms with Crippen molar-refractivity contribution in [2.45, 2.75) is 39.2 Å². The Bertz CT molecular complexity index is 422. The number of hydrogen-bond donors (Lipinski definition) is 2. The van der Waals surface area contributed by atoms with Crippen molar-refractivity contribution in [3.63, 3.8) is 0 Å². The van der Waals surface area contributed by atoms with Gasteiger partial charge in [0.25, 0.3) is 0 Å². The number of nitro groups is 1. The SMILES string of the molecule is CCC(CC)(CN)Nc1nccc(C)c1[N+](=O)[O-]. The van der Waals surface area contributed by atoms with Crippen LogP contribution in [0.1, 0.15) is 32.3 Å². The van der Waals surface area contributed by atoms with Gasteiger partial charge < -0.3 is 11.1 Å². The normalized spacial score (nSPS) is 11.3. The van der Waals surface area contributed by atoms with Crippen LogP contribution in [-0.2, 0) is 0 Å². The smallest absolute Gasteiger partial charge is 0.314 e. The van der Waals surface area contributed by atoms with E-state index in [-0.39, 0.29) is 11.2 Å². The van der Waals surface area contributed by atoms with E-state index in [9.17, 15) is 10.1 Å². The predicted molar refractivity (Wildman–Crippen MR) is 71.6 cm³/mol. The summed E-state index contributed by atoms with van der Waals surface area (Å²) < 4.78 is 0. The maximum Gasteiger partial charge on any atom is 0.314 e. The average molecular weight is 252 g/mol. The number of nitrogens with one attached hydrogen (secondary N) is 1. The Morgan fingerprint density at radius 1 is 1.50 bits per heavy atom. The van der Waals surface area contributed by atoms with E-state index in [2.05, 4.69) is 10.3 Å². The van der Waals surface area contributed by atoms with Gasteiger partial charge in [-0.2, -0.15) is 0 Å². The van der Waals surface area contributed by atoms with E-state index in [0.717, 1.165) is 12.8 Å². The van der Waals surface area contributed by atoms with Gasteiger partial charge in [-0.15, -0.1) is 0 Å². The monoisotopic (exact) mass is 252 g/mol. The Kier molecular flexibility index (Phi) is 4.61.